The van der Waals surface area contributed by atoms with E-state index in [1.54, 1.807) is 73.7 Å². The SMILES string of the molecule is Cc1ccccc1/C=C(\NC(=O)c1ccccc1)C(=O)Nc1cccc(SC(C(=O)Nc2sc(C(=O)Nc3ccccc3)c(C)c2C#N)c2ccccc2)c1. The molecule has 0 spiro atoms. The largest absolute Gasteiger partial charge is 0.321 e. The van der Waals surface area contributed by atoms with Crippen molar-refractivity contribution in [3.63, 3.8) is 0 Å². The van der Waals surface area contributed by atoms with Crippen molar-refractivity contribution in [3.8, 4) is 6.07 Å². The van der Waals surface area contributed by atoms with E-state index in [0.29, 0.717) is 37.8 Å². The molecular formula is C44H35N5O4S2. The Morgan fingerprint density at radius 2 is 1.35 bits per heavy atom. The number of nitrogens with zero attached hydrogens (tertiary/aromatic N) is 1. The van der Waals surface area contributed by atoms with Crippen LogP contribution in [0.15, 0.2) is 150 Å². The molecule has 272 valence electrons. The smallest absolute Gasteiger partial charge is 0.272 e. The van der Waals surface area contributed by atoms with Crippen molar-refractivity contribution in [1.82, 2.24) is 5.32 Å². The third kappa shape index (κ3) is 9.63. The summed E-state index contributed by atoms with van der Waals surface area (Å²) in [5.41, 5.74) is 4.61. The van der Waals surface area contributed by atoms with Gasteiger partial charge in [-0.3, -0.25) is 19.2 Å². The lowest BCUT2D eigenvalue weighted by molar-refractivity contribution is -0.116. The van der Waals surface area contributed by atoms with E-state index in [2.05, 4.69) is 27.3 Å². The molecule has 6 rings (SSSR count). The molecule has 0 aliphatic carbocycles. The molecule has 11 heteroatoms. The Hall–Kier alpha value is -6.74. The number of para-hydroxylation sites is 1. The molecule has 0 fully saturated rings. The van der Waals surface area contributed by atoms with E-state index in [9.17, 15) is 24.4 Å². The highest BCUT2D eigenvalue weighted by Crippen LogP contribution is 2.39. The minimum Gasteiger partial charge on any atom is -0.321 e. The highest BCUT2D eigenvalue weighted by molar-refractivity contribution is 8.00. The first-order chi connectivity index (χ1) is 26.7. The summed E-state index contributed by atoms with van der Waals surface area (Å²) in [5, 5.41) is 21.0. The third-order valence-electron chi connectivity index (χ3n) is 8.44. The summed E-state index contributed by atoms with van der Waals surface area (Å²) in [6, 6.07) is 43.6. The van der Waals surface area contributed by atoms with Crippen molar-refractivity contribution < 1.29 is 19.2 Å². The average molecular weight is 762 g/mol. The van der Waals surface area contributed by atoms with Crippen LogP contribution >= 0.6 is 23.1 Å². The van der Waals surface area contributed by atoms with Gasteiger partial charge in [-0.2, -0.15) is 5.26 Å². The van der Waals surface area contributed by atoms with Crippen molar-refractivity contribution in [2.75, 3.05) is 16.0 Å². The van der Waals surface area contributed by atoms with Gasteiger partial charge in [0.25, 0.3) is 17.7 Å². The summed E-state index contributed by atoms with van der Waals surface area (Å²) in [7, 11) is 0. The van der Waals surface area contributed by atoms with Gasteiger partial charge in [-0.15, -0.1) is 23.1 Å². The van der Waals surface area contributed by atoms with Crippen LogP contribution < -0.4 is 21.3 Å². The minimum atomic E-state index is -0.774. The van der Waals surface area contributed by atoms with Crippen LogP contribution in [0.5, 0.6) is 0 Å². The number of carbonyl (C=O) groups is 4. The van der Waals surface area contributed by atoms with Crippen LogP contribution in [0.4, 0.5) is 16.4 Å². The molecule has 1 aromatic heterocycles. The predicted octanol–water partition coefficient (Wildman–Crippen LogP) is 9.37. The Kier molecular flexibility index (Phi) is 12.3. The van der Waals surface area contributed by atoms with Gasteiger partial charge in [0, 0.05) is 21.8 Å². The number of rotatable bonds is 12. The Labute approximate surface area is 327 Å². The second kappa shape index (κ2) is 17.9. The Morgan fingerprint density at radius 3 is 2.04 bits per heavy atom. The highest BCUT2D eigenvalue weighted by atomic mass is 32.2. The van der Waals surface area contributed by atoms with Crippen molar-refractivity contribution in [2.45, 2.75) is 24.0 Å². The first-order valence-electron chi connectivity index (χ1n) is 17.2. The molecule has 4 amide bonds. The number of anilines is 3. The van der Waals surface area contributed by atoms with Gasteiger partial charge in [0.05, 0.1) is 10.4 Å². The minimum absolute atomic E-state index is 0.0547. The van der Waals surface area contributed by atoms with Crippen LogP contribution in [-0.4, -0.2) is 23.6 Å². The zero-order valence-corrected chi connectivity index (χ0v) is 31.5. The number of nitrogens with one attached hydrogen (secondary N) is 4. The van der Waals surface area contributed by atoms with Gasteiger partial charge in [-0.1, -0.05) is 97.1 Å². The number of aryl methyl sites for hydroxylation is 1. The topological polar surface area (TPSA) is 140 Å². The molecule has 0 bridgehead atoms. The summed E-state index contributed by atoms with van der Waals surface area (Å²) in [5.74, 6) is -1.74. The van der Waals surface area contributed by atoms with E-state index in [-0.39, 0.29) is 22.2 Å². The van der Waals surface area contributed by atoms with Gasteiger partial charge in [-0.05, 0) is 84.6 Å². The van der Waals surface area contributed by atoms with E-state index >= 15 is 0 Å². The van der Waals surface area contributed by atoms with Crippen LogP contribution in [0.25, 0.3) is 6.08 Å². The molecule has 5 aromatic carbocycles. The third-order valence-corrected chi connectivity index (χ3v) is 10.9. The van der Waals surface area contributed by atoms with Gasteiger partial charge in [0.15, 0.2) is 0 Å². The highest BCUT2D eigenvalue weighted by Gasteiger charge is 2.27. The monoisotopic (exact) mass is 761 g/mol. The van der Waals surface area contributed by atoms with E-state index in [1.165, 1.54) is 11.8 Å². The maximum Gasteiger partial charge on any atom is 0.272 e. The Morgan fingerprint density at radius 1 is 0.709 bits per heavy atom. The molecule has 4 N–H and O–H groups in total. The molecule has 1 unspecified atom stereocenters. The second-order valence-corrected chi connectivity index (χ2v) is 14.5. The first-order valence-corrected chi connectivity index (χ1v) is 18.9. The number of thiophene rings is 1. The molecule has 1 heterocycles. The molecule has 0 saturated carbocycles. The maximum absolute atomic E-state index is 14.1. The fourth-order valence-electron chi connectivity index (χ4n) is 5.57. The second-order valence-electron chi connectivity index (χ2n) is 12.3. The van der Waals surface area contributed by atoms with Gasteiger partial charge in [0.2, 0.25) is 5.91 Å². The molecule has 55 heavy (non-hydrogen) atoms. The molecule has 0 radical (unpaired) electrons. The van der Waals surface area contributed by atoms with Gasteiger partial charge < -0.3 is 21.3 Å². The number of nitriles is 1. The number of hydrogen-bond donors (Lipinski definition) is 4. The summed E-state index contributed by atoms with van der Waals surface area (Å²) in [6.45, 7) is 3.60. The molecule has 6 aromatic rings. The number of carbonyl (C=O) groups excluding carboxylic acids is 4. The summed E-state index contributed by atoms with van der Waals surface area (Å²) in [6.07, 6.45) is 1.64. The fraction of sp³-hybridized carbons (Fsp3) is 0.0682. The van der Waals surface area contributed by atoms with Gasteiger partial charge in [0.1, 0.15) is 22.0 Å². The van der Waals surface area contributed by atoms with Crippen molar-refractivity contribution >= 4 is 69.2 Å². The van der Waals surface area contributed by atoms with Crippen LogP contribution in [0.3, 0.4) is 0 Å². The number of hydrogen-bond acceptors (Lipinski definition) is 7. The standard InChI is InChI=1S/C44H35N5O4S2/c1-28-15-12-13-20-32(28)25-37(48-40(50)31-18-8-4-9-19-31)41(51)47-34-23-14-24-35(26-34)54-39(30-16-6-3-7-17-30)43(53)49-44-36(27-45)29(2)38(55-44)42(52)46-33-21-10-5-11-22-33/h3-26,39H,1-2H3,(H,46,52)(H,47,51)(H,48,50)(H,49,53)/b37-25-. The number of amides is 4. The molecular weight excluding hydrogens is 727 g/mol. The Balaban J connectivity index is 1.23. The van der Waals surface area contributed by atoms with Crippen molar-refractivity contribution in [3.05, 3.63) is 183 Å². The zero-order chi connectivity index (χ0) is 38.7. The van der Waals surface area contributed by atoms with E-state index < -0.39 is 23.0 Å². The lowest BCUT2D eigenvalue weighted by Crippen LogP contribution is -2.30. The quantitative estimate of drug-likeness (QED) is 0.0724. The normalized spacial score (nSPS) is 11.5. The lowest BCUT2D eigenvalue weighted by atomic mass is 10.1. The van der Waals surface area contributed by atoms with Crippen LogP contribution in [0.1, 0.15) is 53.1 Å². The van der Waals surface area contributed by atoms with E-state index in [1.807, 2.05) is 85.8 Å². The van der Waals surface area contributed by atoms with Crippen LogP contribution in [0, 0.1) is 25.2 Å². The van der Waals surface area contributed by atoms with E-state index in [4.69, 9.17) is 0 Å². The lowest BCUT2D eigenvalue weighted by Gasteiger charge is -2.17. The summed E-state index contributed by atoms with van der Waals surface area (Å²) in [4.78, 5) is 55.2. The van der Waals surface area contributed by atoms with Crippen molar-refractivity contribution in [2.24, 2.45) is 0 Å². The average Bonchev–Trinajstić information content (AvgIpc) is 3.52. The molecule has 0 saturated heterocycles. The van der Waals surface area contributed by atoms with E-state index in [0.717, 1.165) is 22.5 Å². The van der Waals surface area contributed by atoms with Gasteiger partial charge in [-0.25, -0.2) is 0 Å². The maximum atomic E-state index is 14.1. The van der Waals surface area contributed by atoms with Crippen LogP contribution in [-0.2, 0) is 9.59 Å². The predicted molar refractivity (Wildman–Crippen MR) is 220 cm³/mol. The van der Waals surface area contributed by atoms with Crippen molar-refractivity contribution in [1.29, 1.82) is 5.26 Å². The molecule has 0 aliphatic heterocycles. The Bertz CT molecular complexity index is 2420. The number of benzene rings is 5. The zero-order valence-electron chi connectivity index (χ0n) is 29.8. The molecule has 9 nitrogen and oxygen atoms in total. The molecule has 1 atom stereocenters. The first kappa shape index (κ1) is 38.0. The summed E-state index contributed by atoms with van der Waals surface area (Å²) >= 11 is 2.30. The summed E-state index contributed by atoms with van der Waals surface area (Å²) < 4.78 is 0. The molecule has 0 aliphatic rings. The number of thioether (sulfide) groups is 1. The fourth-order valence-corrected chi connectivity index (χ4v) is 7.71. The van der Waals surface area contributed by atoms with Gasteiger partial charge >= 0.3 is 0 Å². The van der Waals surface area contributed by atoms with Crippen LogP contribution in [0.2, 0.25) is 0 Å².